The molecule has 0 radical (unpaired) electrons. The maximum Gasteiger partial charge on any atom is 0.224 e. The fraction of sp³-hybridized carbons (Fsp3) is 0.417. The minimum atomic E-state index is -0.0877. The molecule has 3 N–H and O–H groups in total. The summed E-state index contributed by atoms with van der Waals surface area (Å²) in [5.41, 5.74) is 7.00. The van der Waals surface area contributed by atoms with E-state index >= 15 is 0 Å². The second kappa shape index (κ2) is 6.30. The normalized spacial score (nSPS) is 11.7. The van der Waals surface area contributed by atoms with Gasteiger partial charge < -0.3 is 16.0 Å². The van der Waals surface area contributed by atoms with Crippen molar-refractivity contribution >= 4 is 28.8 Å². The Balaban J connectivity index is 2.69. The fourth-order valence-corrected chi connectivity index (χ4v) is 1.72. The molecule has 6 heteroatoms. The Labute approximate surface area is 112 Å². The molecule has 1 aromatic heterocycles. The van der Waals surface area contributed by atoms with Crippen molar-refractivity contribution in [2.24, 2.45) is 11.7 Å². The van der Waals surface area contributed by atoms with Gasteiger partial charge >= 0.3 is 0 Å². The molecule has 0 aliphatic heterocycles. The van der Waals surface area contributed by atoms with Crippen molar-refractivity contribution in [3.63, 3.8) is 0 Å². The third kappa shape index (κ3) is 3.66. The van der Waals surface area contributed by atoms with E-state index in [1.54, 1.807) is 19.3 Å². The number of nitrogens with one attached hydrogen (secondary N) is 1. The van der Waals surface area contributed by atoms with E-state index in [4.69, 9.17) is 18.0 Å². The Morgan fingerprint density at radius 1 is 1.61 bits per heavy atom. The predicted octanol–water partition coefficient (Wildman–Crippen LogP) is 0.534. The second-order valence-electron chi connectivity index (χ2n) is 4.16. The van der Waals surface area contributed by atoms with Crippen LogP contribution in [0.5, 0.6) is 0 Å². The number of rotatable bonds is 5. The van der Waals surface area contributed by atoms with E-state index in [1.165, 1.54) is 0 Å². The van der Waals surface area contributed by atoms with Crippen molar-refractivity contribution in [1.29, 1.82) is 0 Å². The van der Waals surface area contributed by atoms with E-state index in [9.17, 15) is 4.79 Å². The monoisotopic (exact) mass is 266 g/mol. The average Bonchev–Trinajstić information content (AvgIpc) is 2.37. The van der Waals surface area contributed by atoms with E-state index in [2.05, 4.69) is 10.3 Å². The van der Waals surface area contributed by atoms with Crippen LogP contribution >= 0.6 is 12.2 Å². The number of pyridine rings is 1. The van der Waals surface area contributed by atoms with E-state index in [0.29, 0.717) is 12.2 Å². The molecule has 1 unspecified atom stereocenters. The number of amides is 1. The number of aromatic nitrogens is 1. The lowest BCUT2D eigenvalue weighted by Crippen LogP contribution is -2.34. The highest BCUT2D eigenvalue weighted by atomic mass is 32.1. The van der Waals surface area contributed by atoms with E-state index in [-0.39, 0.29) is 16.8 Å². The number of thiocarbonyl (C=S) groups is 1. The quantitative estimate of drug-likeness (QED) is 0.761. The SMILES string of the molecule is CNC(=O)C(C)CN(C)c1ccc(C(N)=S)nc1. The van der Waals surface area contributed by atoms with Crippen LogP contribution in [0, 0.1) is 5.92 Å². The Hall–Kier alpha value is -1.69. The lowest BCUT2D eigenvalue weighted by Gasteiger charge is -2.22. The third-order valence-corrected chi connectivity index (χ3v) is 2.89. The summed E-state index contributed by atoms with van der Waals surface area (Å²) >= 11 is 4.84. The molecule has 98 valence electrons. The zero-order valence-electron chi connectivity index (χ0n) is 10.8. The fourth-order valence-electron chi connectivity index (χ4n) is 1.60. The number of hydrogen-bond donors (Lipinski definition) is 2. The number of anilines is 1. The van der Waals surface area contributed by atoms with Gasteiger partial charge in [0, 0.05) is 20.6 Å². The van der Waals surface area contributed by atoms with Crippen LogP contribution in [0.15, 0.2) is 18.3 Å². The molecule has 0 saturated carbocycles. The zero-order chi connectivity index (χ0) is 13.7. The van der Waals surface area contributed by atoms with Crippen molar-refractivity contribution < 1.29 is 4.79 Å². The molecular formula is C12H18N4OS. The highest BCUT2D eigenvalue weighted by molar-refractivity contribution is 7.80. The van der Waals surface area contributed by atoms with Crippen molar-refractivity contribution in [2.45, 2.75) is 6.92 Å². The number of nitrogens with zero attached hydrogens (tertiary/aromatic N) is 2. The molecule has 1 rings (SSSR count). The Kier molecular flexibility index (Phi) is 5.03. The molecule has 0 aliphatic carbocycles. The number of carbonyl (C=O) groups is 1. The van der Waals surface area contributed by atoms with Crippen molar-refractivity contribution in [2.75, 3.05) is 25.5 Å². The van der Waals surface area contributed by atoms with Crippen LogP contribution in [0.4, 0.5) is 5.69 Å². The third-order valence-electron chi connectivity index (χ3n) is 2.68. The van der Waals surface area contributed by atoms with Gasteiger partial charge in [-0.3, -0.25) is 9.78 Å². The lowest BCUT2D eigenvalue weighted by molar-refractivity contribution is -0.123. The van der Waals surface area contributed by atoms with Gasteiger partial charge in [-0.15, -0.1) is 0 Å². The summed E-state index contributed by atoms with van der Waals surface area (Å²) in [5.74, 6) is -0.0650. The molecule has 1 amide bonds. The molecule has 1 heterocycles. The van der Waals surface area contributed by atoms with E-state index in [0.717, 1.165) is 5.69 Å². The van der Waals surface area contributed by atoms with Gasteiger partial charge in [0.1, 0.15) is 4.99 Å². The summed E-state index contributed by atoms with van der Waals surface area (Å²) in [6, 6.07) is 3.66. The Morgan fingerprint density at radius 3 is 2.72 bits per heavy atom. The van der Waals surface area contributed by atoms with E-state index in [1.807, 2.05) is 24.9 Å². The first-order valence-electron chi connectivity index (χ1n) is 5.64. The number of hydrogen-bond acceptors (Lipinski definition) is 4. The molecule has 0 aromatic carbocycles. The van der Waals surface area contributed by atoms with Gasteiger partial charge in [-0.25, -0.2) is 0 Å². The smallest absolute Gasteiger partial charge is 0.224 e. The Bertz CT molecular complexity index is 432. The van der Waals surface area contributed by atoms with Crippen molar-refractivity contribution in [3.8, 4) is 0 Å². The van der Waals surface area contributed by atoms with Crippen LogP contribution in [0.3, 0.4) is 0 Å². The van der Waals surface area contributed by atoms with Gasteiger partial charge in [-0.05, 0) is 12.1 Å². The van der Waals surface area contributed by atoms with E-state index < -0.39 is 0 Å². The molecule has 18 heavy (non-hydrogen) atoms. The minimum Gasteiger partial charge on any atom is -0.388 e. The van der Waals surface area contributed by atoms with Crippen LogP contribution in [0.2, 0.25) is 0 Å². The maximum atomic E-state index is 11.4. The first-order valence-corrected chi connectivity index (χ1v) is 6.05. The molecule has 0 fully saturated rings. The highest BCUT2D eigenvalue weighted by Crippen LogP contribution is 2.13. The first kappa shape index (κ1) is 14.4. The summed E-state index contributed by atoms with van der Waals surface area (Å²) in [5, 5.41) is 2.63. The maximum absolute atomic E-state index is 11.4. The average molecular weight is 266 g/mol. The molecule has 0 saturated heterocycles. The largest absolute Gasteiger partial charge is 0.388 e. The summed E-state index contributed by atoms with van der Waals surface area (Å²) in [6.07, 6.45) is 1.70. The standard InChI is InChI=1S/C12H18N4OS/c1-8(12(17)14-2)7-16(3)9-4-5-10(11(13)18)15-6-9/h4-6,8H,7H2,1-3H3,(H2,13,18)(H,14,17). The molecule has 0 aliphatic rings. The summed E-state index contributed by atoms with van der Waals surface area (Å²) in [6.45, 7) is 2.50. The molecular weight excluding hydrogens is 248 g/mol. The van der Waals surface area contributed by atoms with Gasteiger partial charge in [0.15, 0.2) is 0 Å². The van der Waals surface area contributed by atoms with Crippen molar-refractivity contribution in [1.82, 2.24) is 10.3 Å². The number of carbonyl (C=O) groups excluding carboxylic acids is 1. The topological polar surface area (TPSA) is 71.2 Å². The van der Waals surface area contributed by atoms with Crippen LogP contribution in [0.25, 0.3) is 0 Å². The van der Waals surface area contributed by atoms with Crippen LogP contribution in [-0.4, -0.2) is 36.5 Å². The second-order valence-corrected chi connectivity index (χ2v) is 4.60. The summed E-state index contributed by atoms with van der Waals surface area (Å²) in [4.78, 5) is 17.8. The Morgan fingerprint density at radius 2 is 2.28 bits per heavy atom. The van der Waals surface area contributed by atoms with Crippen LogP contribution in [-0.2, 0) is 4.79 Å². The molecule has 0 bridgehead atoms. The van der Waals surface area contributed by atoms with Gasteiger partial charge in [-0.2, -0.15) is 0 Å². The number of nitrogens with two attached hydrogens (primary N) is 1. The van der Waals surface area contributed by atoms with Gasteiger partial charge in [0.2, 0.25) is 5.91 Å². The van der Waals surface area contributed by atoms with Gasteiger partial charge in [-0.1, -0.05) is 19.1 Å². The first-order chi connectivity index (χ1) is 8.45. The van der Waals surface area contributed by atoms with Crippen LogP contribution in [0.1, 0.15) is 12.6 Å². The molecule has 1 atom stereocenters. The van der Waals surface area contributed by atoms with Gasteiger partial charge in [0.05, 0.1) is 23.5 Å². The lowest BCUT2D eigenvalue weighted by atomic mass is 10.1. The molecule has 0 spiro atoms. The summed E-state index contributed by atoms with van der Waals surface area (Å²) in [7, 11) is 3.55. The van der Waals surface area contributed by atoms with Gasteiger partial charge in [0.25, 0.3) is 0 Å². The van der Waals surface area contributed by atoms with Crippen LogP contribution < -0.4 is 16.0 Å². The minimum absolute atomic E-state index is 0.0227. The zero-order valence-corrected chi connectivity index (χ0v) is 11.6. The summed E-state index contributed by atoms with van der Waals surface area (Å²) < 4.78 is 0. The predicted molar refractivity (Wildman–Crippen MR) is 76.6 cm³/mol. The highest BCUT2D eigenvalue weighted by Gasteiger charge is 2.14. The van der Waals surface area contributed by atoms with Crippen molar-refractivity contribution in [3.05, 3.63) is 24.0 Å². The molecule has 5 nitrogen and oxygen atoms in total. The molecule has 1 aromatic rings.